The first-order valence-corrected chi connectivity index (χ1v) is 8.28. The van der Waals surface area contributed by atoms with Gasteiger partial charge in [-0.1, -0.05) is 20.3 Å². The van der Waals surface area contributed by atoms with Gasteiger partial charge in [-0.25, -0.2) is 8.42 Å². The molecule has 0 aliphatic carbocycles. The third-order valence-electron chi connectivity index (χ3n) is 3.83. The summed E-state index contributed by atoms with van der Waals surface area (Å²) in [7, 11) is -3.03. The van der Waals surface area contributed by atoms with E-state index in [2.05, 4.69) is 19.2 Å². The SMILES string of the molecule is CCC(C)CNCC1(S(C)(=O)=O)CCOCC1. The van der Waals surface area contributed by atoms with Crippen LogP contribution in [-0.4, -0.2) is 45.7 Å². The summed E-state index contributed by atoms with van der Waals surface area (Å²) in [5.41, 5.74) is 0. The van der Waals surface area contributed by atoms with Gasteiger partial charge < -0.3 is 10.1 Å². The molecule has 102 valence electrons. The summed E-state index contributed by atoms with van der Waals surface area (Å²) in [6, 6.07) is 0. The molecule has 17 heavy (non-hydrogen) atoms. The molecule has 0 aromatic rings. The predicted molar refractivity (Wildman–Crippen MR) is 70.0 cm³/mol. The van der Waals surface area contributed by atoms with Gasteiger partial charge in [-0.2, -0.15) is 0 Å². The lowest BCUT2D eigenvalue weighted by Gasteiger charge is -2.35. The van der Waals surface area contributed by atoms with Crippen LogP contribution in [-0.2, 0) is 14.6 Å². The highest BCUT2D eigenvalue weighted by Gasteiger charge is 2.41. The maximum absolute atomic E-state index is 12.0. The van der Waals surface area contributed by atoms with Crippen LogP contribution in [0.15, 0.2) is 0 Å². The van der Waals surface area contributed by atoms with E-state index in [4.69, 9.17) is 4.74 Å². The molecule has 1 fully saturated rings. The van der Waals surface area contributed by atoms with Gasteiger partial charge in [-0.15, -0.1) is 0 Å². The largest absolute Gasteiger partial charge is 0.381 e. The van der Waals surface area contributed by atoms with Gasteiger partial charge >= 0.3 is 0 Å². The van der Waals surface area contributed by atoms with Crippen molar-refractivity contribution in [3.05, 3.63) is 0 Å². The molecule has 1 aliphatic rings. The molecule has 1 rings (SSSR count). The fourth-order valence-corrected chi connectivity index (χ4v) is 3.39. The van der Waals surface area contributed by atoms with Gasteiger partial charge in [0.15, 0.2) is 9.84 Å². The van der Waals surface area contributed by atoms with Crippen molar-refractivity contribution in [3.8, 4) is 0 Å². The highest BCUT2D eigenvalue weighted by Crippen LogP contribution is 2.28. The molecule has 5 heteroatoms. The van der Waals surface area contributed by atoms with Crippen LogP contribution < -0.4 is 5.32 Å². The lowest BCUT2D eigenvalue weighted by Crippen LogP contribution is -2.51. The molecule has 0 radical (unpaired) electrons. The molecule has 0 saturated carbocycles. The van der Waals surface area contributed by atoms with Crippen molar-refractivity contribution in [2.24, 2.45) is 5.92 Å². The summed E-state index contributed by atoms with van der Waals surface area (Å²) in [5, 5.41) is 3.32. The first-order valence-electron chi connectivity index (χ1n) is 6.39. The number of nitrogens with one attached hydrogen (secondary N) is 1. The van der Waals surface area contributed by atoms with E-state index in [1.54, 1.807) is 0 Å². The van der Waals surface area contributed by atoms with Gasteiger partial charge in [0.25, 0.3) is 0 Å². The monoisotopic (exact) mass is 263 g/mol. The Morgan fingerprint density at radius 3 is 2.41 bits per heavy atom. The van der Waals surface area contributed by atoms with Crippen molar-refractivity contribution in [1.82, 2.24) is 5.32 Å². The lowest BCUT2D eigenvalue weighted by molar-refractivity contribution is 0.0743. The Labute approximate surface area is 105 Å². The van der Waals surface area contributed by atoms with Gasteiger partial charge in [0.1, 0.15) is 0 Å². The summed E-state index contributed by atoms with van der Waals surface area (Å²) in [6.07, 6.45) is 3.68. The number of ether oxygens (including phenoxy) is 1. The third kappa shape index (κ3) is 3.93. The number of hydrogen-bond acceptors (Lipinski definition) is 4. The molecule has 1 unspecified atom stereocenters. The Kier molecular flexibility index (Phi) is 5.41. The van der Waals surface area contributed by atoms with Crippen LogP contribution in [0, 0.1) is 5.92 Å². The van der Waals surface area contributed by atoms with E-state index in [9.17, 15) is 8.42 Å². The van der Waals surface area contributed by atoms with E-state index in [1.165, 1.54) is 6.26 Å². The van der Waals surface area contributed by atoms with Gasteiger partial charge in [0, 0.05) is 26.0 Å². The zero-order valence-electron chi connectivity index (χ0n) is 11.2. The third-order valence-corrected chi connectivity index (χ3v) is 5.95. The maximum atomic E-state index is 12.0. The van der Waals surface area contributed by atoms with Crippen LogP contribution in [0.2, 0.25) is 0 Å². The summed E-state index contributed by atoms with van der Waals surface area (Å²) >= 11 is 0. The van der Waals surface area contributed by atoms with Crippen LogP contribution in [0.5, 0.6) is 0 Å². The number of sulfone groups is 1. The molecule has 0 aromatic heterocycles. The standard InChI is InChI=1S/C12H25NO3S/c1-4-11(2)9-13-10-12(17(3,14)15)5-7-16-8-6-12/h11,13H,4-10H2,1-3H3. The molecule has 0 aromatic carbocycles. The average Bonchev–Trinajstić information content (AvgIpc) is 2.28. The smallest absolute Gasteiger partial charge is 0.154 e. The number of rotatable bonds is 6. The fourth-order valence-electron chi connectivity index (χ4n) is 2.11. The van der Waals surface area contributed by atoms with Gasteiger partial charge in [-0.05, 0) is 25.3 Å². The molecule has 1 N–H and O–H groups in total. The second-order valence-corrected chi connectivity index (χ2v) is 7.62. The zero-order valence-corrected chi connectivity index (χ0v) is 12.0. The molecular formula is C12H25NO3S. The quantitative estimate of drug-likeness (QED) is 0.783. The van der Waals surface area contributed by atoms with E-state index in [0.717, 1.165) is 13.0 Å². The fraction of sp³-hybridized carbons (Fsp3) is 1.00. The second-order valence-electron chi connectivity index (χ2n) is 5.21. The molecule has 0 amide bonds. The van der Waals surface area contributed by atoms with Crippen LogP contribution in [0.3, 0.4) is 0 Å². The molecule has 0 bridgehead atoms. The molecular weight excluding hydrogens is 238 g/mol. The minimum absolute atomic E-state index is 0.554. The minimum atomic E-state index is -3.03. The molecule has 0 spiro atoms. The van der Waals surface area contributed by atoms with Gasteiger partial charge in [0.05, 0.1) is 4.75 Å². The number of hydrogen-bond donors (Lipinski definition) is 1. The van der Waals surface area contributed by atoms with E-state index < -0.39 is 14.6 Å². The van der Waals surface area contributed by atoms with Crippen molar-refractivity contribution in [2.75, 3.05) is 32.6 Å². The summed E-state index contributed by atoms with van der Waals surface area (Å²) in [5.74, 6) is 0.589. The van der Waals surface area contributed by atoms with Crippen molar-refractivity contribution >= 4 is 9.84 Å². The summed E-state index contributed by atoms with van der Waals surface area (Å²) in [6.45, 7) is 6.86. The van der Waals surface area contributed by atoms with Crippen molar-refractivity contribution in [1.29, 1.82) is 0 Å². The first-order chi connectivity index (χ1) is 7.91. The van der Waals surface area contributed by atoms with Crippen molar-refractivity contribution in [3.63, 3.8) is 0 Å². The van der Waals surface area contributed by atoms with Crippen LogP contribution in [0.1, 0.15) is 33.1 Å². The Morgan fingerprint density at radius 1 is 1.35 bits per heavy atom. The second kappa shape index (κ2) is 6.16. The first kappa shape index (κ1) is 14.9. The molecule has 1 saturated heterocycles. The lowest BCUT2D eigenvalue weighted by atomic mass is 9.98. The van der Waals surface area contributed by atoms with Crippen LogP contribution in [0.25, 0.3) is 0 Å². The highest BCUT2D eigenvalue weighted by atomic mass is 32.2. The van der Waals surface area contributed by atoms with E-state index in [0.29, 0.717) is 38.5 Å². The van der Waals surface area contributed by atoms with Crippen LogP contribution >= 0.6 is 0 Å². The van der Waals surface area contributed by atoms with E-state index in [1.807, 2.05) is 0 Å². The van der Waals surface area contributed by atoms with Crippen molar-refractivity contribution in [2.45, 2.75) is 37.9 Å². The van der Waals surface area contributed by atoms with Crippen LogP contribution in [0.4, 0.5) is 0 Å². The maximum Gasteiger partial charge on any atom is 0.154 e. The normalized spacial score (nSPS) is 22.3. The topological polar surface area (TPSA) is 55.4 Å². The molecule has 1 aliphatic heterocycles. The Bertz CT molecular complexity index is 321. The predicted octanol–water partition coefficient (Wildman–Crippen LogP) is 1.22. The Hall–Kier alpha value is -0.130. The Balaban J connectivity index is 2.59. The molecule has 1 heterocycles. The Morgan fingerprint density at radius 2 is 1.94 bits per heavy atom. The molecule has 4 nitrogen and oxygen atoms in total. The average molecular weight is 263 g/mol. The summed E-state index contributed by atoms with van der Waals surface area (Å²) in [4.78, 5) is 0. The van der Waals surface area contributed by atoms with Gasteiger partial charge in [0.2, 0.25) is 0 Å². The van der Waals surface area contributed by atoms with Gasteiger partial charge in [-0.3, -0.25) is 0 Å². The molecule has 1 atom stereocenters. The van der Waals surface area contributed by atoms with Crippen molar-refractivity contribution < 1.29 is 13.2 Å². The highest BCUT2D eigenvalue weighted by molar-refractivity contribution is 7.92. The zero-order chi connectivity index (χ0) is 12.9. The van der Waals surface area contributed by atoms with E-state index >= 15 is 0 Å². The van der Waals surface area contributed by atoms with E-state index in [-0.39, 0.29) is 0 Å². The minimum Gasteiger partial charge on any atom is -0.381 e. The summed E-state index contributed by atoms with van der Waals surface area (Å²) < 4.78 is 28.6.